The third-order valence-corrected chi connectivity index (χ3v) is 5.77. The van der Waals surface area contributed by atoms with Gasteiger partial charge in [-0.25, -0.2) is 8.42 Å². The lowest BCUT2D eigenvalue weighted by Gasteiger charge is -2.33. The van der Waals surface area contributed by atoms with Crippen LogP contribution in [-0.4, -0.2) is 61.7 Å². The first kappa shape index (κ1) is 18.1. The highest BCUT2D eigenvalue weighted by atomic mass is 32.2. The largest absolute Gasteiger partial charge is 0.490 e. The van der Waals surface area contributed by atoms with Crippen LogP contribution in [0.15, 0.2) is 23.1 Å². The number of benzene rings is 1. The Morgan fingerprint density at radius 3 is 2.42 bits per heavy atom. The number of methoxy groups -OCH3 is 1. The van der Waals surface area contributed by atoms with Crippen LogP contribution in [0.2, 0.25) is 0 Å². The van der Waals surface area contributed by atoms with Crippen LogP contribution in [0.1, 0.15) is 13.3 Å². The third-order valence-electron chi connectivity index (χ3n) is 3.88. The predicted molar refractivity (Wildman–Crippen MR) is 85.3 cm³/mol. The SMILES string of the molecule is CCC(=O)N1CCN(S(=O)(=O)c2ccc(OC)c([N+](=O)[O-])c2)CC1. The van der Waals surface area contributed by atoms with E-state index in [4.69, 9.17) is 4.74 Å². The van der Waals surface area contributed by atoms with E-state index in [9.17, 15) is 23.3 Å². The fourth-order valence-electron chi connectivity index (χ4n) is 2.52. The van der Waals surface area contributed by atoms with E-state index in [0.29, 0.717) is 19.5 Å². The first-order valence-electron chi connectivity index (χ1n) is 7.41. The van der Waals surface area contributed by atoms with E-state index in [0.717, 1.165) is 6.07 Å². The van der Waals surface area contributed by atoms with E-state index in [1.165, 1.54) is 23.5 Å². The molecule has 1 aromatic rings. The third kappa shape index (κ3) is 3.49. The lowest BCUT2D eigenvalue weighted by molar-refractivity contribution is -0.386. The number of ether oxygens (including phenoxy) is 1. The molecule has 0 atom stereocenters. The number of nitro benzene ring substituents is 1. The summed E-state index contributed by atoms with van der Waals surface area (Å²) in [4.78, 5) is 23.5. The first-order valence-corrected chi connectivity index (χ1v) is 8.85. The van der Waals surface area contributed by atoms with Crippen LogP contribution in [-0.2, 0) is 14.8 Å². The average Bonchev–Trinajstić information content (AvgIpc) is 2.60. The van der Waals surface area contributed by atoms with Gasteiger partial charge in [0.05, 0.1) is 16.9 Å². The van der Waals surface area contributed by atoms with Gasteiger partial charge >= 0.3 is 5.69 Å². The quantitative estimate of drug-likeness (QED) is 0.571. The monoisotopic (exact) mass is 357 g/mol. The summed E-state index contributed by atoms with van der Waals surface area (Å²) in [5.74, 6) is -0.0237. The highest BCUT2D eigenvalue weighted by Gasteiger charge is 2.31. The molecule has 0 saturated carbocycles. The van der Waals surface area contributed by atoms with Crippen molar-refractivity contribution in [3.8, 4) is 5.75 Å². The van der Waals surface area contributed by atoms with Crippen molar-refractivity contribution in [1.29, 1.82) is 0 Å². The Hall–Kier alpha value is -2.20. The molecule has 0 N–H and O–H groups in total. The van der Waals surface area contributed by atoms with Crippen molar-refractivity contribution in [2.24, 2.45) is 0 Å². The number of carbonyl (C=O) groups is 1. The predicted octanol–water partition coefficient (Wildman–Crippen LogP) is 0.846. The highest BCUT2D eigenvalue weighted by molar-refractivity contribution is 7.89. The molecule has 0 bridgehead atoms. The van der Waals surface area contributed by atoms with Gasteiger partial charge in [0.15, 0.2) is 5.75 Å². The van der Waals surface area contributed by atoms with Crippen LogP contribution in [0.5, 0.6) is 5.75 Å². The molecule has 0 aromatic heterocycles. The topological polar surface area (TPSA) is 110 Å². The summed E-state index contributed by atoms with van der Waals surface area (Å²) in [6.45, 7) is 2.69. The van der Waals surface area contributed by atoms with Gasteiger partial charge in [-0.15, -0.1) is 0 Å². The normalized spacial score (nSPS) is 16.0. The van der Waals surface area contributed by atoms with Crippen LogP contribution in [0.4, 0.5) is 5.69 Å². The second-order valence-corrected chi connectivity index (χ2v) is 7.17. The van der Waals surface area contributed by atoms with Gasteiger partial charge in [-0.1, -0.05) is 6.92 Å². The minimum Gasteiger partial charge on any atom is -0.490 e. The van der Waals surface area contributed by atoms with Crippen molar-refractivity contribution in [1.82, 2.24) is 9.21 Å². The van der Waals surface area contributed by atoms with E-state index < -0.39 is 20.6 Å². The maximum Gasteiger partial charge on any atom is 0.312 e. The smallest absolute Gasteiger partial charge is 0.312 e. The van der Waals surface area contributed by atoms with Crippen LogP contribution in [0.25, 0.3) is 0 Å². The molecule has 1 saturated heterocycles. The minimum absolute atomic E-state index is 0.00249. The fraction of sp³-hybridized carbons (Fsp3) is 0.500. The molecule has 9 nitrogen and oxygen atoms in total. The Kier molecular flexibility index (Phi) is 5.40. The number of hydrogen-bond acceptors (Lipinski definition) is 6. The van der Waals surface area contributed by atoms with Gasteiger partial charge < -0.3 is 9.64 Å². The number of hydrogen-bond donors (Lipinski definition) is 0. The molecular formula is C14H19N3O6S. The van der Waals surface area contributed by atoms with Gasteiger partial charge in [-0.05, 0) is 12.1 Å². The molecule has 1 heterocycles. The number of amides is 1. The molecule has 0 aliphatic carbocycles. The summed E-state index contributed by atoms with van der Waals surface area (Å²) >= 11 is 0. The molecule has 24 heavy (non-hydrogen) atoms. The molecule has 10 heteroatoms. The van der Waals surface area contributed by atoms with E-state index >= 15 is 0 Å². The van der Waals surface area contributed by atoms with E-state index in [-0.39, 0.29) is 29.6 Å². The zero-order chi connectivity index (χ0) is 17.9. The van der Waals surface area contributed by atoms with Gasteiger partial charge in [0.1, 0.15) is 0 Å². The van der Waals surface area contributed by atoms with E-state index in [1.807, 2.05) is 0 Å². The Balaban J connectivity index is 2.24. The van der Waals surface area contributed by atoms with Gasteiger partial charge in [-0.2, -0.15) is 4.31 Å². The number of carbonyl (C=O) groups excluding carboxylic acids is 1. The van der Waals surface area contributed by atoms with Crippen LogP contribution >= 0.6 is 0 Å². The number of nitro groups is 1. The molecule has 1 fully saturated rings. The number of piperazine rings is 1. The molecular weight excluding hydrogens is 338 g/mol. The Morgan fingerprint density at radius 2 is 1.92 bits per heavy atom. The maximum atomic E-state index is 12.7. The summed E-state index contributed by atoms with van der Waals surface area (Å²) < 4.78 is 31.4. The van der Waals surface area contributed by atoms with Crippen molar-refractivity contribution >= 4 is 21.6 Å². The molecule has 2 rings (SSSR count). The zero-order valence-corrected chi connectivity index (χ0v) is 14.3. The molecule has 0 unspecified atom stereocenters. The minimum atomic E-state index is -3.86. The highest BCUT2D eigenvalue weighted by Crippen LogP contribution is 2.30. The first-order chi connectivity index (χ1) is 11.3. The lowest BCUT2D eigenvalue weighted by atomic mass is 10.3. The summed E-state index contributed by atoms with van der Waals surface area (Å²) in [5.41, 5.74) is -0.404. The van der Waals surface area contributed by atoms with Gasteiger partial charge in [-0.3, -0.25) is 14.9 Å². The van der Waals surface area contributed by atoms with Crippen molar-refractivity contribution in [3.63, 3.8) is 0 Å². The molecule has 1 amide bonds. The van der Waals surface area contributed by atoms with E-state index in [1.54, 1.807) is 11.8 Å². The second kappa shape index (κ2) is 7.14. The Bertz CT molecular complexity index is 741. The van der Waals surface area contributed by atoms with Crippen molar-refractivity contribution in [2.75, 3.05) is 33.3 Å². The van der Waals surface area contributed by atoms with Crippen LogP contribution in [0, 0.1) is 10.1 Å². The number of rotatable bonds is 5. The summed E-state index contributed by atoms with van der Waals surface area (Å²) in [5, 5.41) is 11.1. The molecule has 1 aromatic carbocycles. The number of nitrogens with zero attached hydrogens (tertiary/aromatic N) is 3. The van der Waals surface area contributed by atoms with Gasteiger partial charge in [0.2, 0.25) is 15.9 Å². The van der Waals surface area contributed by atoms with Gasteiger partial charge in [0, 0.05) is 38.7 Å². The molecule has 1 aliphatic rings. The Morgan fingerprint density at radius 1 is 1.29 bits per heavy atom. The maximum absolute atomic E-state index is 12.7. The van der Waals surface area contributed by atoms with Crippen LogP contribution < -0.4 is 4.74 Å². The van der Waals surface area contributed by atoms with Crippen LogP contribution in [0.3, 0.4) is 0 Å². The molecule has 0 radical (unpaired) electrons. The zero-order valence-electron chi connectivity index (χ0n) is 13.5. The van der Waals surface area contributed by atoms with Crippen molar-refractivity contribution in [3.05, 3.63) is 28.3 Å². The lowest BCUT2D eigenvalue weighted by Crippen LogP contribution is -2.50. The molecule has 0 spiro atoms. The summed E-state index contributed by atoms with van der Waals surface area (Å²) in [7, 11) is -2.59. The molecule has 132 valence electrons. The average molecular weight is 357 g/mol. The van der Waals surface area contributed by atoms with Crippen molar-refractivity contribution < 1.29 is 22.9 Å². The van der Waals surface area contributed by atoms with Crippen molar-refractivity contribution in [2.45, 2.75) is 18.2 Å². The summed E-state index contributed by atoms with van der Waals surface area (Å²) in [6, 6.07) is 3.55. The second-order valence-electron chi connectivity index (χ2n) is 5.23. The molecule has 1 aliphatic heterocycles. The fourth-order valence-corrected chi connectivity index (χ4v) is 3.97. The van der Waals surface area contributed by atoms with Gasteiger partial charge in [0.25, 0.3) is 0 Å². The number of sulfonamides is 1. The standard InChI is InChI=1S/C14H19N3O6S/c1-3-14(18)15-6-8-16(9-7-15)24(21,22)11-4-5-13(23-2)12(10-11)17(19)20/h4-5,10H,3,6-9H2,1-2H3. The van der Waals surface area contributed by atoms with E-state index in [2.05, 4.69) is 0 Å². The summed E-state index contributed by atoms with van der Waals surface area (Å²) in [6.07, 6.45) is 0.372. The Labute approximate surface area is 140 Å².